The van der Waals surface area contributed by atoms with E-state index in [2.05, 4.69) is 0 Å². The fourth-order valence-corrected chi connectivity index (χ4v) is 14.1. The Morgan fingerprint density at radius 2 is 0.773 bits per heavy atom. The summed E-state index contributed by atoms with van der Waals surface area (Å²) in [6.07, 6.45) is 0. The highest BCUT2D eigenvalue weighted by atomic mass is 32.2. The van der Waals surface area contributed by atoms with Crippen LogP contribution in [0.3, 0.4) is 0 Å². The molecule has 7 aromatic rings. The molecule has 2 aromatic heterocycles. The van der Waals surface area contributed by atoms with Gasteiger partial charge in [-0.3, -0.25) is 19.4 Å². The fraction of sp³-hybridized carbons (Fsp3) is 0.156. The normalized spacial score (nSPS) is 15.6. The van der Waals surface area contributed by atoms with Crippen molar-refractivity contribution in [1.82, 2.24) is 9.80 Å². The average molecular weight is 1240 g/mol. The van der Waals surface area contributed by atoms with E-state index < -0.39 is 46.9 Å². The van der Waals surface area contributed by atoms with Crippen LogP contribution in [-0.4, -0.2) is 68.7 Å². The standard InChI is InChI=1S/C64H42N8O12S4/c1-3-71-55(73)53(87-57(71)41(29-65)30-66)69-49-27-45-51(85-49)43-25-48-44(26-47(43)83-63(45,59(75)79-33-37-17-9-5-10-18-37)60(76)80-34-38-19-11-6-12-20-38)52-46(28-50(86-52)70-54-56(74)72(4-2)58(88-54)42(31-67)32-68)64(84-48,61(77)81-35-39-21-13-7-14-22-39)62(78)82-36-40-23-15-8-16-24-40/h5-28H,3-4,33-36H2,1-2H3. The first-order valence-corrected chi connectivity index (χ1v) is 30.0. The number of carbonyl (C=O) groups is 6. The number of rotatable bonds is 16. The number of amides is 2. The van der Waals surface area contributed by atoms with Gasteiger partial charge in [0, 0.05) is 45.1 Å². The minimum absolute atomic E-state index is 0.0306. The van der Waals surface area contributed by atoms with Crippen molar-refractivity contribution < 1.29 is 57.2 Å². The van der Waals surface area contributed by atoms with Crippen LogP contribution in [0.1, 0.15) is 47.2 Å². The molecule has 2 amide bonds. The predicted octanol–water partition coefficient (Wildman–Crippen LogP) is 11.1. The molecule has 0 spiro atoms. The molecule has 0 N–H and O–H groups in total. The van der Waals surface area contributed by atoms with Gasteiger partial charge in [-0.25, -0.2) is 29.2 Å². The van der Waals surface area contributed by atoms with Gasteiger partial charge in [0.05, 0.1) is 0 Å². The van der Waals surface area contributed by atoms with Crippen molar-refractivity contribution in [2.24, 2.45) is 9.98 Å². The molecule has 20 nitrogen and oxygen atoms in total. The van der Waals surface area contributed by atoms with Gasteiger partial charge in [-0.1, -0.05) is 121 Å². The second-order valence-electron chi connectivity index (χ2n) is 19.3. The van der Waals surface area contributed by atoms with E-state index in [4.69, 9.17) is 38.4 Å². The Morgan fingerprint density at radius 1 is 0.477 bits per heavy atom. The number of esters is 4. The van der Waals surface area contributed by atoms with Crippen LogP contribution in [0.2, 0.25) is 0 Å². The van der Waals surface area contributed by atoms with Crippen molar-refractivity contribution in [3.8, 4) is 56.7 Å². The van der Waals surface area contributed by atoms with Crippen molar-refractivity contribution in [2.75, 3.05) is 13.1 Å². The molecule has 0 bridgehead atoms. The Morgan fingerprint density at radius 3 is 1.05 bits per heavy atom. The van der Waals surface area contributed by atoms with Crippen molar-refractivity contribution in [3.05, 3.63) is 200 Å². The minimum atomic E-state index is -2.80. The Hall–Kier alpha value is -10.6. The van der Waals surface area contributed by atoms with Crippen molar-refractivity contribution in [1.29, 1.82) is 21.0 Å². The molecule has 0 atom stereocenters. The topological polar surface area (TPSA) is 284 Å². The number of hydrogen-bond donors (Lipinski definition) is 0. The van der Waals surface area contributed by atoms with Crippen LogP contribution in [0, 0.1) is 45.3 Å². The van der Waals surface area contributed by atoms with Gasteiger partial charge in [-0.2, -0.15) is 21.0 Å². The van der Waals surface area contributed by atoms with Crippen LogP contribution >= 0.6 is 46.2 Å². The van der Waals surface area contributed by atoms with Crippen LogP contribution in [-0.2, 0) is 85.3 Å². The third-order valence-electron chi connectivity index (χ3n) is 14.0. The Labute approximate surface area is 518 Å². The van der Waals surface area contributed by atoms with Crippen LogP contribution < -0.4 is 9.47 Å². The smallest absolute Gasteiger partial charge is 0.367 e. The van der Waals surface area contributed by atoms with Gasteiger partial charge < -0.3 is 28.4 Å². The summed E-state index contributed by atoms with van der Waals surface area (Å²) >= 11 is 3.38. The lowest BCUT2D eigenvalue weighted by Crippen LogP contribution is -2.52. The summed E-state index contributed by atoms with van der Waals surface area (Å²) < 4.78 is 37.8. The number of thioether (sulfide) groups is 2. The summed E-state index contributed by atoms with van der Waals surface area (Å²) in [7, 11) is 0. The number of thiophene rings is 2. The average Bonchev–Trinajstić information content (AvgIpc) is 1.36. The molecular weight excluding hydrogens is 1200 g/mol. The van der Waals surface area contributed by atoms with Crippen LogP contribution in [0.25, 0.3) is 20.9 Å². The molecule has 0 unspecified atom stereocenters. The third kappa shape index (κ3) is 10.9. The van der Waals surface area contributed by atoms with Crippen LogP contribution in [0.15, 0.2) is 177 Å². The molecular formula is C64H42N8O12S4. The summed E-state index contributed by atoms with van der Waals surface area (Å²) in [5, 5.41) is 39.2. The van der Waals surface area contributed by atoms with Gasteiger partial charge in [-0.15, -0.1) is 22.7 Å². The molecule has 2 fully saturated rings. The summed E-state index contributed by atoms with van der Waals surface area (Å²) in [6.45, 7) is 2.13. The molecule has 88 heavy (non-hydrogen) atoms. The van der Waals surface area contributed by atoms with E-state index in [1.54, 1.807) is 135 Å². The van der Waals surface area contributed by atoms with Gasteiger partial charge in [0.25, 0.3) is 11.8 Å². The van der Waals surface area contributed by atoms with Crippen molar-refractivity contribution in [2.45, 2.75) is 51.5 Å². The minimum Gasteiger partial charge on any atom is -0.459 e. The number of nitrogens with zero attached hydrogens (tertiary/aromatic N) is 8. The number of aliphatic imine (C=N–C) groups is 2. The third-order valence-corrected chi connectivity index (χ3v) is 18.2. The Kier molecular flexibility index (Phi) is 16.9. The largest absolute Gasteiger partial charge is 0.459 e. The maximum atomic E-state index is 15.4. The summed E-state index contributed by atoms with van der Waals surface area (Å²) in [4.78, 5) is 102. The zero-order valence-corrected chi connectivity index (χ0v) is 49.5. The highest BCUT2D eigenvalue weighted by Gasteiger charge is 2.61. The molecule has 434 valence electrons. The number of hydrogen-bond acceptors (Lipinski definition) is 22. The Bertz CT molecular complexity index is 3920. The number of ether oxygens (including phenoxy) is 6. The maximum Gasteiger partial charge on any atom is 0.367 e. The number of allylic oxidation sites excluding steroid dienone is 2. The predicted molar refractivity (Wildman–Crippen MR) is 323 cm³/mol. The van der Waals surface area contributed by atoms with Gasteiger partial charge in [0.15, 0.2) is 21.2 Å². The van der Waals surface area contributed by atoms with Crippen molar-refractivity contribution >= 4 is 102 Å². The summed E-state index contributed by atoms with van der Waals surface area (Å²) in [5.41, 5.74) is -4.09. The first-order chi connectivity index (χ1) is 42.8. The number of benzene rings is 5. The van der Waals surface area contributed by atoms with E-state index in [-0.39, 0.29) is 124 Å². The molecule has 4 aliphatic heterocycles. The van der Waals surface area contributed by atoms with E-state index in [0.717, 1.165) is 46.2 Å². The molecule has 6 heterocycles. The quantitative estimate of drug-likeness (QED) is 0.0376. The van der Waals surface area contributed by atoms with E-state index >= 15 is 19.2 Å². The van der Waals surface area contributed by atoms with E-state index in [1.807, 2.05) is 24.3 Å². The lowest BCUT2D eigenvalue weighted by atomic mass is 9.85. The molecule has 0 aliphatic carbocycles. The van der Waals surface area contributed by atoms with Crippen LogP contribution in [0.4, 0.5) is 10.0 Å². The van der Waals surface area contributed by atoms with E-state index in [9.17, 15) is 30.6 Å². The number of nitriles is 4. The van der Waals surface area contributed by atoms with E-state index in [0.29, 0.717) is 22.3 Å². The second-order valence-corrected chi connectivity index (χ2v) is 23.3. The van der Waals surface area contributed by atoms with E-state index in [1.165, 1.54) is 34.1 Å². The first kappa shape index (κ1) is 59.1. The summed E-state index contributed by atoms with van der Waals surface area (Å²) in [6, 6.07) is 47.6. The second kappa shape index (κ2) is 25.2. The highest BCUT2D eigenvalue weighted by Crippen LogP contribution is 2.59. The van der Waals surface area contributed by atoms with Crippen molar-refractivity contribution in [3.63, 3.8) is 0 Å². The fourth-order valence-electron chi connectivity index (χ4n) is 9.71. The summed E-state index contributed by atoms with van der Waals surface area (Å²) in [5.74, 6) is -6.44. The van der Waals surface area contributed by atoms with Gasteiger partial charge >= 0.3 is 35.1 Å². The molecule has 0 saturated carbocycles. The highest BCUT2D eigenvalue weighted by molar-refractivity contribution is 8.20. The lowest BCUT2D eigenvalue weighted by Gasteiger charge is -2.37. The Balaban J connectivity index is 1.13. The number of fused-ring (bicyclic) bond motifs is 6. The SMILES string of the molecule is CCN1C(=O)C(=Nc2cc3c(s2)-c2cc4c(cc2OC3(C(=O)OCc2ccccc2)C(=O)OCc2ccccc2)-c2sc(N=C3SC(=C(C#N)C#N)N(CC)C3=O)cc2C(C(=O)OCc2ccccc2)(C(=O)OCc2ccccc2)O4)SC1=C(C#N)C#N. The monoisotopic (exact) mass is 1240 g/mol. The van der Waals surface area contributed by atoms with Crippen LogP contribution in [0.5, 0.6) is 11.5 Å². The molecule has 11 rings (SSSR count). The van der Waals surface area contributed by atoms with Gasteiger partial charge in [0.2, 0.25) is 0 Å². The zero-order chi connectivity index (χ0) is 61.7. The lowest BCUT2D eigenvalue weighted by molar-refractivity contribution is -0.185. The molecule has 2 saturated heterocycles. The maximum absolute atomic E-state index is 15.4. The molecule has 4 aliphatic rings. The van der Waals surface area contributed by atoms with Gasteiger partial charge in [0.1, 0.15) is 82.3 Å². The molecule has 24 heteroatoms. The molecule has 5 aromatic carbocycles. The zero-order valence-electron chi connectivity index (χ0n) is 46.2. The van der Waals surface area contributed by atoms with Gasteiger partial charge in [-0.05, 0) is 83.9 Å². The number of carbonyl (C=O) groups excluding carboxylic acids is 6. The molecule has 0 radical (unpaired) electrons. The first-order valence-electron chi connectivity index (χ1n) is 26.7.